The minimum Gasteiger partial charge on any atom is -0.497 e. The van der Waals surface area contributed by atoms with E-state index >= 15 is 0 Å². The molecule has 2 aromatic carbocycles. The van der Waals surface area contributed by atoms with Gasteiger partial charge in [0.2, 0.25) is 5.91 Å². The molecule has 1 N–H and O–H groups in total. The van der Waals surface area contributed by atoms with E-state index < -0.39 is 5.97 Å². The predicted molar refractivity (Wildman–Crippen MR) is 111 cm³/mol. The molecule has 0 spiro atoms. The quantitative estimate of drug-likeness (QED) is 0.615. The van der Waals surface area contributed by atoms with E-state index in [4.69, 9.17) is 9.47 Å². The highest BCUT2D eigenvalue weighted by Crippen LogP contribution is 2.36. The van der Waals surface area contributed by atoms with Crippen LogP contribution in [0.25, 0.3) is 11.1 Å². The Balaban J connectivity index is 1.83. The first-order chi connectivity index (χ1) is 13.5. The first kappa shape index (κ1) is 19.6. The zero-order valence-corrected chi connectivity index (χ0v) is 16.8. The Morgan fingerprint density at radius 1 is 1.00 bits per heavy atom. The van der Waals surface area contributed by atoms with Crippen molar-refractivity contribution in [3.63, 3.8) is 0 Å². The summed E-state index contributed by atoms with van der Waals surface area (Å²) in [6, 6.07) is 15.2. The van der Waals surface area contributed by atoms with Gasteiger partial charge in [0.05, 0.1) is 20.6 Å². The molecule has 144 valence electrons. The van der Waals surface area contributed by atoms with Crippen molar-refractivity contribution in [1.29, 1.82) is 0 Å². The predicted octanol–water partition coefficient (Wildman–Crippen LogP) is 4.70. The molecule has 0 atom stereocenters. The van der Waals surface area contributed by atoms with E-state index in [0.29, 0.717) is 10.6 Å². The summed E-state index contributed by atoms with van der Waals surface area (Å²) in [6.45, 7) is 2.00. The maximum Gasteiger partial charge on any atom is 0.341 e. The number of carbonyl (C=O) groups is 2. The van der Waals surface area contributed by atoms with Gasteiger partial charge in [-0.25, -0.2) is 4.79 Å². The van der Waals surface area contributed by atoms with Crippen LogP contribution in [0.2, 0.25) is 0 Å². The molecule has 0 aliphatic rings. The lowest BCUT2D eigenvalue weighted by atomic mass is 10.0. The SMILES string of the molecule is COC(=O)c1c(-c2ccc(C)cc2)csc1NC(=O)Cc1ccc(OC)cc1. The van der Waals surface area contributed by atoms with Gasteiger partial charge in [0.25, 0.3) is 0 Å². The zero-order chi connectivity index (χ0) is 20.1. The number of hydrogen-bond donors (Lipinski definition) is 1. The van der Waals surface area contributed by atoms with Crippen LogP contribution in [-0.4, -0.2) is 26.1 Å². The fourth-order valence-corrected chi connectivity index (χ4v) is 3.77. The Hall–Kier alpha value is -3.12. The lowest BCUT2D eigenvalue weighted by Gasteiger charge is -2.08. The van der Waals surface area contributed by atoms with Gasteiger partial charge in [-0.2, -0.15) is 0 Å². The number of esters is 1. The smallest absolute Gasteiger partial charge is 0.341 e. The Morgan fingerprint density at radius 3 is 2.29 bits per heavy atom. The van der Waals surface area contributed by atoms with E-state index in [0.717, 1.165) is 28.0 Å². The van der Waals surface area contributed by atoms with E-state index in [9.17, 15) is 9.59 Å². The lowest BCUT2D eigenvalue weighted by Crippen LogP contribution is -2.16. The molecule has 0 bridgehead atoms. The molecule has 0 unspecified atom stereocenters. The highest BCUT2D eigenvalue weighted by molar-refractivity contribution is 7.15. The third-order valence-corrected chi connectivity index (χ3v) is 5.22. The zero-order valence-electron chi connectivity index (χ0n) is 15.9. The summed E-state index contributed by atoms with van der Waals surface area (Å²) in [5.41, 5.74) is 4.01. The van der Waals surface area contributed by atoms with Gasteiger partial charge in [-0.1, -0.05) is 42.0 Å². The second-order valence-corrected chi connectivity index (χ2v) is 7.16. The third-order valence-electron chi connectivity index (χ3n) is 4.32. The summed E-state index contributed by atoms with van der Waals surface area (Å²) in [5.74, 6) is 0.0577. The summed E-state index contributed by atoms with van der Waals surface area (Å²) < 4.78 is 10.1. The van der Waals surface area contributed by atoms with E-state index in [1.165, 1.54) is 18.4 Å². The molecular formula is C22H21NO4S. The molecule has 0 saturated heterocycles. The number of nitrogens with one attached hydrogen (secondary N) is 1. The summed E-state index contributed by atoms with van der Waals surface area (Å²) in [4.78, 5) is 24.9. The number of thiophene rings is 1. The molecule has 6 heteroatoms. The average Bonchev–Trinajstić information content (AvgIpc) is 3.11. The minimum absolute atomic E-state index is 0.197. The van der Waals surface area contributed by atoms with Crippen LogP contribution in [0.4, 0.5) is 5.00 Å². The van der Waals surface area contributed by atoms with E-state index in [1.54, 1.807) is 7.11 Å². The van der Waals surface area contributed by atoms with Gasteiger partial charge in [-0.15, -0.1) is 11.3 Å². The largest absolute Gasteiger partial charge is 0.497 e. The Kier molecular flexibility index (Phi) is 6.11. The van der Waals surface area contributed by atoms with Crippen molar-refractivity contribution in [2.75, 3.05) is 19.5 Å². The second-order valence-electron chi connectivity index (χ2n) is 6.28. The number of carbonyl (C=O) groups excluding carboxylic acids is 2. The van der Waals surface area contributed by atoms with Crippen LogP contribution in [-0.2, 0) is 16.0 Å². The Bertz CT molecular complexity index is 975. The van der Waals surface area contributed by atoms with Crippen LogP contribution in [0.5, 0.6) is 5.75 Å². The summed E-state index contributed by atoms with van der Waals surface area (Å²) in [6.07, 6.45) is 0.197. The number of hydrogen-bond acceptors (Lipinski definition) is 5. The normalized spacial score (nSPS) is 10.4. The highest BCUT2D eigenvalue weighted by atomic mass is 32.1. The van der Waals surface area contributed by atoms with E-state index in [1.807, 2.05) is 60.8 Å². The van der Waals surface area contributed by atoms with Crippen LogP contribution in [0, 0.1) is 6.92 Å². The van der Waals surface area contributed by atoms with Crippen molar-refractivity contribution in [2.24, 2.45) is 0 Å². The van der Waals surface area contributed by atoms with Crippen LogP contribution in [0.1, 0.15) is 21.5 Å². The molecule has 3 aromatic rings. The number of aryl methyl sites for hydroxylation is 1. The fourth-order valence-electron chi connectivity index (χ4n) is 2.80. The molecule has 3 rings (SSSR count). The molecule has 0 saturated carbocycles. The molecular weight excluding hydrogens is 374 g/mol. The monoisotopic (exact) mass is 395 g/mol. The number of benzene rings is 2. The molecule has 5 nitrogen and oxygen atoms in total. The van der Waals surface area contributed by atoms with E-state index in [2.05, 4.69) is 5.32 Å². The van der Waals surface area contributed by atoms with Crippen LogP contribution in [0.3, 0.4) is 0 Å². The molecule has 1 heterocycles. The molecule has 1 amide bonds. The summed E-state index contributed by atoms with van der Waals surface area (Å²) in [5, 5.41) is 5.20. The molecule has 0 aliphatic carbocycles. The highest BCUT2D eigenvalue weighted by Gasteiger charge is 2.22. The van der Waals surface area contributed by atoms with Crippen LogP contribution < -0.4 is 10.1 Å². The molecule has 0 fully saturated rings. The lowest BCUT2D eigenvalue weighted by molar-refractivity contribution is -0.115. The first-order valence-corrected chi connectivity index (χ1v) is 9.59. The fraction of sp³-hybridized carbons (Fsp3) is 0.182. The van der Waals surface area contributed by atoms with Crippen molar-refractivity contribution < 1.29 is 19.1 Å². The van der Waals surface area contributed by atoms with Gasteiger partial charge in [-0.3, -0.25) is 4.79 Å². The maximum atomic E-state index is 12.5. The third kappa shape index (κ3) is 4.40. The van der Waals surface area contributed by atoms with Gasteiger partial charge in [0.15, 0.2) is 0 Å². The molecule has 0 radical (unpaired) electrons. The number of methoxy groups -OCH3 is 2. The van der Waals surface area contributed by atoms with Crippen LogP contribution >= 0.6 is 11.3 Å². The first-order valence-electron chi connectivity index (χ1n) is 8.71. The van der Waals surface area contributed by atoms with E-state index in [-0.39, 0.29) is 12.3 Å². The van der Waals surface area contributed by atoms with Gasteiger partial charge >= 0.3 is 5.97 Å². The second kappa shape index (κ2) is 8.71. The Labute approximate surface area is 167 Å². The van der Waals surface area contributed by atoms with Crippen molar-refractivity contribution >= 4 is 28.2 Å². The van der Waals surface area contributed by atoms with Gasteiger partial charge in [-0.05, 0) is 30.2 Å². The summed E-state index contributed by atoms with van der Waals surface area (Å²) in [7, 11) is 2.93. The van der Waals surface area contributed by atoms with Crippen molar-refractivity contribution in [3.8, 4) is 16.9 Å². The minimum atomic E-state index is -0.475. The number of amides is 1. The number of anilines is 1. The topological polar surface area (TPSA) is 64.6 Å². The van der Waals surface area contributed by atoms with Gasteiger partial charge in [0, 0.05) is 10.9 Å². The molecule has 0 aliphatic heterocycles. The van der Waals surface area contributed by atoms with Crippen molar-refractivity contribution in [3.05, 3.63) is 70.6 Å². The summed E-state index contributed by atoms with van der Waals surface area (Å²) >= 11 is 1.31. The maximum absolute atomic E-state index is 12.5. The Morgan fingerprint density at radius 2 is 1.68 bits per heavy atom. The molecule has 28 heavy (non-hydrogen) atoms. The van der Waals surface area contributed by atoms with Crippen molar-refractivity contribution in [2.45, 2.75) is 13.3 Å². The number of rotatable bonds is 6. The number of ether oxygens (including phenoxy) is 2. The average molecular weight is 395 g/mol. The van der Waals surface area contributed by atoms with Crippen molar-refractivity contribution in [1.82, 2.24) is 0 Å². The van der Waals surface area contributed by atoms with Crippen LogP contribution in [0.15, 0.2) is 53.9 Å². The standard InChI is InChI=1S/C22H21NO4S/c1-14-4-8-16(9-5-14)18-13-28-21(20(18)22(25)27-3)23-19(24)12-15-6-10-17(26-2)11-7-15/h4-11,13H,12H2,1-3H3,(H,23,24). The van der Waals surface area contributed by atoms with Gasteiger partial charge < -0.3 is 14.8 Å². The molecule has 1 aromatic heterocycles. The van der Waals surface area contributed by atoms with Gasteiger partial charge in [0.1, 0.15) is 16.3 Å².